The molecule has 8 heteroatoms. The molecular formula is C15H27N3O4S. The van der Waals surface area contributed by atoms with Gasteiger partial charge in [0.1, 0.15) is 0 Å². The van der Waals surface area contributed by atoms with Gasteiger partial charge in [0.15, 0.2) is 0 Å². The second-order valence-electron chi connectivity index (χ2n) is 7.41. The molecule has 132 valence electrons. The van der Waals surface area contributed by atoms with E-state index in [0.717, 1.165) is 0 Å². The van der Waals surface area contributed by atoms with Crippen LogP contribution >= 0.6 is 0 Å². The molecule has 0 spiro atoms. The number of carbonyl (C=O) groups is 2. The van der Waals surface area contributed by atoms with Crippen LogP contribution in [0.5, 0.6) is 0 Å². The zero-order valence-electron chi connectivity index (χ0n) is 14.4. The van der Waals surface area contributed by atoms with E-state index in [-0.39, 0.29) is 29.8 Å². The highest BCUT2D eigenvalue weighted by Gasteiger charge is 2.37. The summed E-state index contributed by atoms with van der Waals surface area (Å²) >= 11 is 0. The van der Waals surface area contributed by atoms with Gasteiger partial charge in [-0.3, -0.25) is 9.59 Å². The Morgan fingerprint density at radius 2 is 1.65 bits per heavy atom. The summed E-state index contributed by atoms with van der Waals surface area (Å²) in [6.07, 6.45) is 2.25. The highest BCUT2D eigenvalue weighted by molar-refractivity contribution is 7.88. The SMILES string of the molecule is CC(C)(C)N1CCN(C(=O)C2CCN(S(C)(=O)=O)CC2)CC1=O. The zero-order valence-corrected chi connectivity index (χ0v) is 15.2. The minimum Gasteiger partial charge on any atom is -0.335 e. The highest BCUT2D eigenvalue weighted by atomic mass is 32.2. The fourth-order valence-electron chi connectivity index (χ4n) is 3.26. The van der Waals surface area contributed by atoms with Crippen molar-refractivity contribution in [3.8, 4) is 0 Å². The van der Waals surface area contributed by atoms with E-state index < -0.39 is 10.0 Å². The maximum atomic E-state index is 12.6. The van der Waals surface area contributed by atoms with Crippen LogP contribution in [0.25, 0.3) is 0 Å². The Labute approximate surface area is 138 Å². The van der Waals surface area contributed by atoms with Crippen LogP contribution in [-0.4, -0.2) is 78.9 Å². The molecule has 0 aromatic rings. The lowest BCUT2D eigenvalue weighted by molar-refractivity contribution is -0.151. The molecule has 0 unspecified atom stereocenters. The molecule has 0 saturated carbocycles. The molecule has 7 nitrogen and oxygen atoms in total. The van der Waals surface area contributed by atoms with E-state index in [4.69, 9.17) is 0 Å². The van der Waals surface area contributed by atoms with Crippen molar-refractivity contribution in [2.45, 2.75) is 39.2 Å². The number of nitrogens with zero attached hydrogens (tertiary/aromatic N) is 3. The Bertz CT molecular complexity index is 574. The lowest BCUT2D eigenvalue weighted by Gasteiger charge is -2.43. The van der Waals surface area contributed by atoms with Gasteiger partial charge in [-0.25, -0.2) is 12.7 Å². The van der Waals surface area contributed by atoms with Crippen LogP contribution < -0.4 is 0 Å². The topological polar surface area (TPSA) is 78.0 Å². The first-order valence-corrected chi connectivity index (χ1v) is 9.89. The average Bonchev–Trinajstić information content (AvgIpc) is 2.44. The second kappa shape index (κ2) is 6.39. The third-order valence-corrected chi connectivity index (χ3v) is 5.92. The Morgan fingerprint density at radius 3 is 2.09 bits per heavy atom. The van der Waals surface area contributed by atoms with Gasteiger partial charge in [0.2, 0.25) is 21.8 Å². The van der Waals surface area contributed by atoms with Crippen LogP contribution in [0.3, 0.4) is 0 Å². The number of piperidine rings is 1. The molecule has 2 fully saturated rings. The summed E-state index contributed by atoms with van der Waals surface area (Å²) in [5, 5.41) is 0. The molecule has 2 aliphatic heterocycles. The second-order valence-corrected chi connectivity index (χ2v) is 9.39. The van der Waals surface area contributed by atoms with Crippen molar-refractivity contribution in [2.24, 2.45) is 5.92 Å². The third-order valence-electron chi connectivity index (χ3n) is 4.61. The minimum atomic E-state index is -3.18. The number of rotatable bonds is 2. The van der Waals surface area contributed by atoms with E-state index in [1.807, 2.05) is 25.7 Å². The standard InChI is InChI=1S/C15H27N3O4S/c1-15(2,3)18-10-9-16(11-13(18)19)14(20)12-5-7-17(8-6-12)23(4,21)22/h12H,5-11H2,1-4H3. The smallest absolute Gasteiger partial charge is 0.242 e. The van der Waals surface area contributed by atoms with E-state index in [9.17, 15) is 18.0 Å². The molecule has 0 atom stereocenters. The van der Waals surface area contributed by atoms with Gasteiger partial charge < -0.3 is 9.80 Å². The van der Waals surface area contributed by atoms with Crippen LogP contribution in [0.1, 0.15) is 33.6 Å². The van der Waals surface area contributed by atoms with Crippen LogP contribution in [0.15, 0.2) is 0 Å². The van der Waals surface area contributed by atoms with E-state index in [2.05, 4.69) is 0 Å². The molecule has 0 bridgehead atoms. The fraction of sp³-hybridized carbons (Fsp3) is 0.867. The predicted molar refractivity (Wildman–Crippen MR) is 87.2 cm³/mol. The Hall–Kier alpha value is -1.15. The van der Waals surface area contributed by atoms with Gasteiger partial charge in [0.05, 0.1) is 12.8 Å². The first kappa shape index (κ1) is 18.2. The van der Waals surface area contributed by atoms with Gasteiger partial charge in [0.25, 0.3) is 0 Å². The van der Waals surface area contributed by atoms with E-state index >= 15 is 0 Å². The molecule has 0 N–H and O–H groups in total. The molecular weight excluding hydrogens is 318 g/mol. The maximum absolute atomic E-state index is 12.6. The number of piperazine rings is 1. The van der Waals surface area contributed by atoms with Crippen LogP contribution in [0.2, 0.25) is 0 Å². The summed E-state index contributed by atoms with van der Waals surface area (Å²) in [6.45, 7) is 7.96. The van der Waals surface area contributed by atoms with E-state index in [1.165, 1.54) is 10.6 Å². The first-order chi connectivity index (χ1) is 10.5. The van der Waals surface area contributed by atoms with Gasteiger partial charge in [0, 0.05) is 37.6 Å². The average molecular weight is 345 g/mol. The van der Waals surface area contributed by atoms with E-state index in [0.29, 0.717) is 39.0 Å². The van der Waals surface area contributed by atoms with Crippen molar-refractivity contribution in [2.75, 3.05) is 39.0 Å². The van der Waals surface area contributed by atoms with Crippen molar-refractivity contribution in [3.05, 3.63) is 0 Å². The zero-order chi connectivity index (χ0) is 17.4. The Kier molecular flexibility index (Phi) is 5.06. The minimum absolute atomic E-state index is 0.0138. The van der Waals surface area contributed by atoms with Crippen molar-refractivity contribution in [1.29, 1.82) is 0 Å². The van der Waals surface area contributed by atoms with Crippen molar-refractivity contribution in [1.82, 2.24) is 14.1 Å². The summed E-state index contributed by atoms with van der Waals surface area (Å²) in [5.41, 5.74) is -0.229. The van der Waals surface area contributed by atoms with Gasteiger partial charge >= 0.3 is 0 Å². The quantitative estimate of drug-likeness (QED) is 0.713. The van der Waals surface area contributed by atoms with Gasteiger partial charge in [-0.15, -0.1) is 0 Å². The van der Waals surface area contributed by atoms with Crippen molar-refractivity contribution >= 4 is 21.8 Å². The van der Waals surface area contributed by atoms with Crippen molar-refractivity contribution < 1.29 is 18.0 Å². The number of hydrogen-bond donors (Lipinski definition) is 0. The Morgan fingerprint density at radius 1 is 1.09 bits per heavy atom. The lowest BCUT2D eigenvalue weighted by atomic mass is 9.96. The summed E-state index contributed by atoms with van der Waals surface area (Å²) in [4.78, 5) is 28.3. The number of hydrogen-bond acceptors (Lipinski definition) is 4. The summed E-state index contributed by atoms with van der Waals surface area (Å²) in [6, 6.07) is 0. The molecule has 2 heterocycles. The molecule has 2 saturated heterocycles. The van der Waals surface area contributed by atoms with Crippen molar-refractivity contribution in [3.63, 3.8) is 0 Å². The largest absolute Gasteiger partial charge is 0.335 e. The number of carbonyl (C=O) groups excluding carboxylic acids is 2. The third kappa shape index (κ3) is 4.23. The van der Waals surface area contributed by atoms with Gasteiger partial charge in [-0.05, 0) is 33.6 Å². The first-order valence-electron chi connectivity index (χ1n) is 8.04. The Balaban J connectivity index is 1.92. The predicted octanol–water partition coefficient (Wildman–Crippen LogP) is 0.127. The van der Waals surface area contributed by atoms with E-state index in [1.54, 1.807) is 4.90 Å². The van der Waals surface area contributed by atoms with Gasteiger partial charge in [-0.1, -0.05) is 0 Å². The molecule has 2 aliphatic rings. The number of sulfonamides is 1. The molecule has 0 aliphatic carbocycles. The lowest BCUT2D eigenvalue weighted by Crippen LogP contribution is -2.59. The number of amides is 2. The molecule has 0 aromatic heterocycles. The summed E-state index contributed by atoms with van der Waals surface area (Å²) in [5.74, 6) is -0.215. The monoisotopic (exact) mass is 345 g/mol. The molecule has 2 rings (SSSR count). The van der Waals surface area contributed by atoms with Gasteiger partial charge in [-0.2, -0.15) is 0 Å². The van der Waals surface area contributed by atoms with Crippen LogP contribution in [0.4, 0.5) is 0 Å². The van der Waals surface area contributed by atoms with Crippen LogP contribution in [0, 0.1) is 5.92 Å². The maximum Gasteiger partial charge on any atom is 0.242 e. The molecule has 23 heavy (non-hydrogen) atoms. The highest BCUT2D eigenvalue weighted by Crippen LogP contribution is 2.23. The fourth-order valence-corrected chi connectivity index (χ4v) is 4.14. The van der Waals surface area contributed by atoms with Crippen LogP contribution in [-0.2, 0) is 19.6 Å². The normalized spacial score (nSPS) is 22.5. The molecule has 0 radical (unpaired) electrons. The summed E-state index contributed by atoms with van der Waals surface area (Å²) < 4.78 is 24.5. The molecule has 0 aromatic carbocycles. The summed E-state index contributed by atoms with van der Waals surface area (Å²) in [7, 11) is -3.18. The molecule has 2 amide bonds.